The summed E-state index contributed by atoms with van der Waals surface area (Å²) < 4.78 is 0. The van der Waals surface area contributed by atoms with Gasteiger partial charge < -0.3 is 10.4 Å². The lowest BCUT2D eigenvalue weighted by molar-refractivity contribution is -0.141. The van der Waals surface area contributed by atoms with Crippen LogP contribution in [-0.2, 0) is 4.79 Å². The minimum Gasteiger partial charge on any atom is -0.481 e. The van der Waals surface area contributed by atoms with Crippen LogP contribution >= 0.6 is 11.3 Å². The van der Waals surface area contributed by atoms with Crippen molar-refractivity contribution < 1.29 is 14.7 Å². The van der Waals surface area contributed by atoms with E-state index < -0.39 is 11.9 Å². The van der Waals surface area contributed by atoms with Crippen molar-refractivity contribution >= 4 is 23.2 Å². The minimum absolute atomic E-state index is 0.125. The Labute approximate surface area is 133 Å². The van der Waals surface area contributed by atoms with Crippen molar-refractivity contribution in [3.8, 4) is 10.6 Å². The molecule has 0 aliphatic heterocycles. The summed E-state index contributed by atoms with van der Waals surface area (Å²) in [6.45, 7) is 2.05. The lowest BCUT2D eigenvalue weighted by Gasteiger charge is -2.11. The third kappa shape index (κ3) is 4.14. The first-order valence-electron chi connectivity index (χ1n) is 7.13. The molecule has 0 saturated carbocycles. The zero-order valence-electron chi connectivity index (χ0n) is 12.3. The van der Waals surface area contributed by atoms with Gasteiger partial charge in [0.25, 0.3) is 5.91 Å². The van der Waals surface area contributed by atoms with Crippen molar-refractivity contribution in [3.63, 3.8) is 0 Å². The Morgan fingerprint density at radius 2 is 2.05 bits per heavy atom. The summed E-state index contributed by atoms with van der Waals surface area (Å²) >= 11 is 1.39. The van der Waals surface area contributed by atoms with E-state index in [0.717, 1.165) is 17.0 Å². The van der Waals surface area contributed by atoms with Crippen molar-refractivity contribution in [1.29, 1.82) is 0 Å². The van der Waals surface area contributed by atoms with Gasteiger partial charge in [-0.1, -0.05) is 43.7 Å². The van der Waals surface area contributed by atoms with Crippen molar-refractivity contribution in [3.05, 3.63) is 41.4 Å². The fraction of sp³-hybridized carbons (Fsp3) is 0.312. The van der Waals surface area contributed by atoms with Gasteiger partial charge in [0.2, 0.25) is 0 Å². The molecule has 116 valence electrons. The van der Waals surface area contributed by atoms with Gasteiger partial charge in [-0.3, -0.25) is 9.59 Å². The number of carbonyl (C=O) groups is 2. The number of carbonyl (C=O) groups excluding carboxylic acids is 1. The lowest BCUT2D eigenvalue weighted by Crippen LogP contribution is -2.33. The van der Waals surface area contributed by atoms with Crippen LogP contribution in [0.1, 0.15) is 30.3 Å². The number of benzene rings is 1. The standard InChI is InChI=1S/C16H18N2O3S/c1-2-6-12(16(20)21)9-17-14(19)13-10-22-15(18-13)11-7-4-3-5-8-11/h3-5,7-8,10,12H,2,6,9H2,1H3,(H,17,19)(H,20,21). The summed E-state index contributed by atoms with van der Waals surface area (Å²) in [6, 6.07) is 9.62. The van der Waals surface area contributed by atoms with E-state index in [2.05, 4.69) is 10.3 Å². The molecule has 0 bridgehead atoms. The number of aliphatic carboxylic acids is 1. The maximum atomic E-state index is 12.1. The van der Waals surface area contributed by atoms with Crippen LogP contribution in [0.2, 0.25) is 0 Å². The normalized spacial score (nSPS) is 11.9. The molecule has 1 atom stereocenters. The maximum Gasteiger partial charge on any atom is 0.308 e. The van der Waals surface area contributed by atoms with E-state index in [0.29, 0.717) is 12.1 Å². The highest BCUT2D eigenvalue weighted by atomic mass is 32.1. The number of amides is 1. The third-order valence-electron chi connectivity index (χ3n) is 3.25. The molecule has 0 fully saturated rings. The van der Waals surface area contributed by atoms with Crippen molar-refractivity contribution in [1.82, 2.24) is 10.3 Å². The fourth-order valence-electron chi connectivity index (χ4n) is 2.06. The number of thiazole rings is 1. The Hall–Kier alpha value is -2.21. The predicted molar refractivity (Wildman–Crippen MR) is 85.9 cm³/mol. The zero-order valence-corrected chi connectivity index (χ0v) is 13.1. The van der Waals surface area contributed by atoms with Gasteiger partial charge in [0.05, 0.1) is 5.92 Å². The molecule has 2 N–H and O–H groups in total. The molecule has 1 heterocycles. The molecule has 22 heavy (non-hydrogen) atoms. The van der Waals surface area contributed by atoms with Gasteiger partial charge >= 0.3 is 5.97 Å². The van der Waals surface area contributed by atoms with Crippen molar-refractivity contribution in [2.45, 2.75) is 19.8 Å². The summed E-state index contributed by atoms with van der Waals surface area (Å²) in [6.07, 6.45) is 1.31. The largest absolute Gasteiger partial charge is 0.481 e. The van der Waals surface area contributed by atoms with Gasteiger partial charge in [0.1, 0.15) is 10.7 Å². The number of carboxylic acid groups (broad SMARTS) is 1. The van der Waals surface area contributed by atoms with Gasteiger partial charge in [0.15, 0.2) is 0 Å². The number of rotatable bonds is 7. The monoisotopic (exact) mass is 318 g/mol. The van der Waals surface area contributed by atoms with E-state index in [4.69, 9.17) is 5.11 Å². The Morgan fingerprint density at radius 3 is 2.68 bits per heavy atom. The number of hydrogen-bond donors (Lipinski definition) is 2. The molecule has 0 aliphatic rings. The first-order chi connectivity index (χ1) is 10.6. The van der Waals surface area contributed by atoms with Gasteiger partial charge in [-0.2, -0.15) is 0 Å². The molecular formula is C16H18N2O3S. The highest BCUT2D eigenvalue weighted by molar-refractivity contribution is 7.13. The number of nitrogens with zero attached hydrogens (tertiary/aromatic N) is 1. The van der Waals surface area contributed by atoms with Crippen LogP contribution in [0, 0.1) is 5.92 Å². The summed E-state index contributed by atoms with van der Waals surface area (Å²) in [5.41, 5.74) is 1.28. The van der Waals surface area contributed by atoms with E-state index in [1.807, 2.05) is 37.3 Å². The molecule has 0 spiro atoms. The summed E-state index contributed by atoms with van der Waals surface area (Å²) in [4.78, 5) is 27.4. The molecule has 6 heteroatoms. The van der Waals surface area contributed by atoms with Gasteiger partial charge in [-0.05, 0) is 6.42 Å². The lowest BCUT2D eigenvalue weighted by atomic mass is 10.0. The van der Waals surface area contributed by atoms with E-state index in [-0.39, 0.29) is 12.5 Å². The Bertz CT molecular complexity index is 640. The smallest absolute Gasteiger partial charge is 0.308 e. The van der Waals surface area contributed by atoms with E-state index in [9.17, 15) is 9.59 Å². The van der Waals surface area contributed by atoms with Gasteiger partial charge in [0, 0.05) is 17.5 Å². The molecule has 0 radical (unpaired) electrons. The molecule has 2 rings (SSSR count). The second kappa shape index (κ2) is 7.70. The number of nitrogens with one attached hydrogen (secondary N) is 1. The van der Waals surface area contributed by atoms with E-state index >= 15 is 0 Å². The molecule has 1 unspecified atom stereocenters. The highest BCUT2D eigenvalue weighted by Crippen LogP contribution is 2.23. The second-order valence-electron chi connectivity index (χ2n) is 4.94. The van der Waals surface area contributed by atoms with Crippen molar-refractivity contribution in [2.24, 2.45) is 5.92 Å². The second-order valence-corrected chi connectivity index (χ2v) is 5.80. The molecule has 0 aliphatic carbocycles. The summed E-state index contributed by atoms with van der Waals surface area (Å²) in [7, 11) is 0. The molecule has 1 amide bonds. The summed E-state index contributed by atoms with van der Waals surface area (Å²) in [5, 5.41) is 14.2. The third-order valence-corrected chi connectivity index (χ3v) is 4.14. The molecule has 1 aromatic carbocycles. The number of hydrogen-bond acceptors (Lipinski definition) is 4. The fourth-order valence-corrected chi connectivity index (χ4v) is 2.87. The average molecular weight is 318 g/mol. The molecule has 5 nitrogen and oxygen atoms in total. The van der Waals surface area contributed by atoms with Crippen LogP contribution in [0.25, 0.3) is 10.6 Å². The Morgan fingerprint density at radius 1 is 1.32 bits per heavy atom. The quantitative estimate of drug-likeness (QED) is 0.822. The van der Waals surface area contributed by atoms with E-state index in [1.54, 1.807) is 5.38 Å². The van der Waals surface area contributed by atoms with E-state index in [1.165, 1.54) is 11.3 Å². The van der Waals surface area contributed by atoms with Crippen LogP contribution in [0.15, 0.2) is 35.7 Å². The van der Waals surface area contributed by atoms with Crippen LogP contribution in [0.5, 0.6) is 0 Å². The molecular weight excluding hydrogens is 300 g/mol. The Kier molecular flexibility index (Phi) is 5.66. The minimum atomic E-state index is -0.884. The van der Waals surface area contributed by atoms with Crippen LogP contribution in [0.3, 0.4) is 0 Å². The zero-order chi connectivity index (χ0) is 15.9. The van der Waals surface area contributed by atoms with Crippen LogP contribution < -0.4 is 5.32 Å². The summed E-state index contributed by atoms with van der Waals surface area (Å²) in [5.74, 6) is -1.77. The first kappa shape index (κ1) is 16.2. The van der Waals surface area contributed by atoms with Crippen LogP contribution in [-0.4, -0.2) is 28.5 Å². The number of carboxylic acids is 1. The molecule has 0 saturated heterocycles. The van der Waals surface area contributed by atoms with Crippen molar-refractivity contribution in [2.75, 3.05) is 6.54 Å². The first-order valence-corrected chi connectivity index (χ1v) is 8.01. The van der Waals surface area contributed by atoms with Gasteiger partial charge in [-0.25, -0.2) is 4.98 Å². The molecule has 1 aromatic heterocycles. The van der Waals surface area contributed by atoms with Gasteiger partial charge in [-0.15, -0.1) is 11.3 Å². The predicted octanol–water partition coefficient (Wildman–Crippen LogP) is 3.04. The van der Waals surface area contributed by atoms with Crippen LogP contribution in [0.4, 0.5) is 0 Å². The SMILES string of the molecule is CCCC(CNC(=O)c1csc(-c2ccccc2)n1)C(=O)O. The number of aromatic nitrogens is 1. The Balaban J connectivity index is 1.99. The maximum absolute atomic E-state index is 12.1. The molecule has 2 aromatic rings. The highest BCUT2D eigenvalue weighted by Gasteiger charge is 2.18. The average Bonchev–Trinajstić information content (AvgIpc) is 3.01. The topological polar surface area (TPSA) is 79.3 Å².